The van der Waals surface area contributed by atoms with Crippen molar-refractivity contribution in [3.05, 3.63) is 85.5 Å². The number of thiazole rings is 2. The highest BCUT2D eigenvalue weighted by Crippen LogP contribution is 2.51. The minimum atomic E-state index is -1.14. The van der Waals surface area contributed by atoms with E-state index in [1.165, 1.54) is 12.2 Å². The van der Waals surface area contributed by atoms with Crippen molar-refractivity contribution in [3.63, 3.8) is 0 Å². The van der Waals surface area contributed by atoms with Crippen molar-refractivity contribution in [2.24, 2.45) is 0 Å². The Bertz CT molecular complexity index is 2070. The number of allylic oxidation sites excluding steroid dienone is 2. The number of nitrogens with zero attached hydrogens (tertiary/aromatic N) is 2. The second kappa shape index (κ2) is 8.69. The summed E-state index contributed by atoms with van der Waals surface area (Å²) in [5.74, 6) is -8.15. The van der Waals surface area contributed by atoms with Crippen LogP contribution in [0.25, 0.3) is 33.1 Å². The summed E-state index contributed by atoms with van der Waals surface area (Å²) < 4.78 is 62.5. The smallest absolute Gasteiger partial charge is 0.237 e. The highest BCUT2D eigenvalue weighted by molar-refractivity contribution is 7.23. The lowest BCUT2D eigenvalue weighted by atomic mass is 10.0. The van der Waals surface area contributed by atoms with Gasteiger partial charge in [-0.2, -0.15) is 0 Å². The van der Waals surface area contributed by atoms with E-state index < -0.39 is 63.1 Å². The third-order valence-corrected chi connectivity index (χ3v) is 9.12. The van der Waals surface area contributed by atoms with Gasteiger partial charge in [0.15, 0.2) is 0 Å². The van der Waals surface area contributed by atoms with E-state index in [9.17, 15) is 36.7 Å². The molecule has 0 radical (unpaired) electrons. The van der Waals surface area contributed by atoms with Crippen LogP contribution in [-0.2, 0) is 15.2 Å². The molecule has 0 unspecified atom stereocenters. The molecule has 7 rings (SSSR count). The molecule has 2 aliphatic carbocycles. The number of carbonyl (C=O) groups excluding carboxylic acids is 4. The number of ketones is 4. The van der Waals surface area contributed by atoms with Crippen molar-refractivity contribution in [1.82, 2.24) is 9.97 Å². The zero-order valence-electron chi connectivity index (χ0n) is 21.2. The van der Waals surface area contributed by atoms with Crippen molar-refractivity contribution >= 4 is 69.1 Å². The van der Waals surface area contributed by atoms with Gasteiger partial charge in [-0.05, 0) is 38.1 Å². The van der Waals surface area contributed by atoms with E-state index >= 15 is 0 Å². The van der Waals surface area contributed by atoms with Crippen molar-refractivity contribution in [1.29, 1.82) is 0 Å². The summed E-state index contributed by atoms with van der Waals surface area (Å²) >= 11 is 2.18. The molecule has 3 aliphatic rings. The lowest BCUT2D eigenvalue weighted by Crippen LogP contribution is -2.29. The molecule has 0 amide bonds. The van der Waals surface area contributed by atoms with Crippen LogP contribution in [0.5, 0.6) is 5.88 Å². The van der Waals surface area contributed by atoms with Crippen LogP contribution in [0.4, 0.5) is 17.6 Å². The summed E-state index contributed by atoms with van der Waals surface area (Å²) in [4.78, 5) is 60.2. The van der Waals surface area contributed by atoms with Crippen LogP contribution in [0, 0.1) is 23.3 Å². The first kappa shape index (κ1) is 26.3. The Morgan fingerprint density at radius 3 is 1.69 bits per heavy atom. The van der Waals surface area contributed by atoms with Crippen LogP contribution in [0.2, 0.25) is 0 Å². The summed E-state index contributed by atoms with van der Waals surface area (Å²) in [5, 5.41) is 0.463. The van der Waals surface area contributed by atoms with Gasteiger partial charge in [0.2, 0.25) is 29.0 Å². The molecule has 4 aromatic rings. The van der Waals surface area contributed by atoms with Gasteiger partial charge in [-0.1, -0.05) is 0 Å². The zero-order valence-corrected chi connectivity index (χ0v) is 22.9. The maximum atomic E-state index is 14.3. The normalized spacial score (nSPS) is 18.4. The van der Waals surface area contributed by atoms with Gasteiger partial charge in [0, 0.05) is 34.4 Å². The Hall–Kier alpha value is -4.62. The van der Waals surface area contributed by atoms with Crippen LogP contribution >= 0.6 is 22.7 Å². The van der Waals surface area contributed by atoms with Gasteiger partial charge in [-0.3, -0.25) is 19.2 Å². The number of carbonyl (C=O) groups is 4. The third-order valence-electron chi connectivity index (χ3n) is 6.97. The fourth-order valence-electron chi connectivity index (χ4n) is 5.13. The molecule has 42 heavy (non-hydrogen) atoms. The largest absolute Gasteiger partial charge is 0.464 e. The van der Waals surface area contributed by atoms with Crippen LogP contribution in [0.3, 0.4) is 0 Å². The van der Waals surface area contributed by atoms with Crippen molar-refractivity contribution in [3.8, 4) is 15.6 Å². The predicted octanol–water partition coefficient (Wildman–Crippen LogP) is 6.06. The molecular formula is C29H12F4N2O5S2. The zero-order chi connectivity index (χ0) is 29.8. The monoisotopic (exact) mass is 608 g/mol. The molecule has 0 fully saturated rings. The fraction of sp³-hybridized carbons (Fsp3) is 0.103. The van der Waals surface area contributed by atoms with Gasteiger partial charge in [0.25, 0.3) is 0 Å². The van der Waals surface area contributed by atoms with E-state index in [1.807, 2.05) is 0 Å². The molecular weight excluding hydrogens is 596 g/mol. The Balaban J connectivity index is 1.33. The molecule has 3 heterocycles. The van der Waals surface area contributed by atoms with E-state index in [1.54, 1.807) is 13.8 Å². The lowest BCUT2D eigenvalue weighted by molar-refractivity contribution is -0.110. The van der Waals surface area contributed by atoms with Crippen LogP contribution in [0.15, 0.2) is 24.3 Å². The molecule has 13 heteroatoms. The molecule has 0 N–H and O–H groups in total. The number of ether oxygens (including phenoxy) is 1. The molecule has 0 saturated carbocycles. The summed E-state index contributed by atoms with van der Waals surface area (Å²) in [6.07, 6.45) is 2.55. The topological polar surface area (TPSA) is 103 Å². The number of halogens is 4. The second-order valence-electron chi connectivity index (χ2n) is 10.1. The Kier molecular flexibility index (Phi) is 5.44. The maximum absolute atomic E-state index is 14.3. The number of aromatic nitrogens is 2. The summed E-state index contributed by atoms with van der Waals surface area (Å²) in [5.41, 5.74) is -2.32. The van der Waals surface area contributed by atoms with Gasteiger partial charge >= 0.3 is 0 Å². The first-order valence-electron chi connectivity index (χ1n) is 12.2. The molecule has 208 valence electrons. The van der Waals surface area contributed by atoms with E-state index in [0.29, 0.717) is 27.6 Å². The highest BCUT2D eigenvalue weighted by atomic mass is 32.1. The number of Topliss-reactive ketones (excluding diaryl/α,β-unsaturated/α-hetero) is 4. The van der Waals surface area contributed by atoms with Gasteiger partial charge in [0.1, 0.15) is 49.5 Å². The van der Waals surface area contributed by atoms with Crippen molar-refractivity contribution in [2.75, 3.05) is 0 Å². The first-order valence-corrected chi connectivity index (χ1v) is 13.8. The van der Waals surface area contributed by atoms with Crippen molar-refractivity contribution in [2.45, 2.75) is 19.4 Å². The van der Waals surface area contributed by atoms with Gasteiger partial charge in [0.05, 0.1) is 16.0 Å². The molecule has 2 aromatic heterocycles. The molecule has 0 spiro atoms. The van der Waals surface area contributed by atoms with E-state index in [4.69, 9.17) is 4.74 Å². The number of hydrogen-bond acceptors (Lipinski definition) is 9. The minimum Gasteiger partial charge on any atom is -0.464 e. The fourth-order valence-corrected chi connectivity index (χ4v) is 7.35. The number of hydrogen-bond donors (Lipinski definition) is 0. The summed E-state index contributed by atoms with van der Waals surface area (Å²) in [6.45, 7) is 3.43. The van der Waals surface area contributed by atoms with Crippen LogP contribution in [-0.4, -0.2) is 33.1 Å². The standard InChI is InChI=1S/C29H12F4N2O5S2/c1-29(2)27-25(41-17(34-27)7-13-11-3-9(30)5-15(32)19(11)23(38)21(13)36)26-28(40-29)35-18(42-26)8-14-12-4-10(31)6-16(33)20(12)24(39)22(14)37/h3-8H,1-2H3/b13-7-,14-8-. The third kappa shape index (κ3) is 3.70. The molecule has 0 atom stereocenters. The van der Waals surface area contributed by atoms with E-state index in [0.717, 1.165) is 34.8 Å². The SMILES string of the molecule is CC1(C)Oc2nc(/C=C3\C(=O)C(=O)c4c(F)cc(F)cc43)sc2-c2sc(/C=C3\C(=O)C(=O)c4c(F)cc(F)cc43)nc21. The summed E-state index contributed by atoms with van der Waals surface area (Å²) in [6, 6.07) is 2.89. The summed E-state index contributed by atoms with van der Waals surface area (Å²) in [7, 11) is 0. The number of rotatable bonds is 2. The predicted molar refractivity (Wildman–Crippen MR) is 144 cm³/mol. The quantitative estimate of drug-likeness (QED) is 0.155. The number of fused-ring (bicyclic) bond motifs is 5. The number of benzene rings is 2. The Labute approximate surface area is 240 Å². The average molecular weight is 609 g/mol. The lowest BCUT2D eigenvalue weighted by Gasteiger charge is -2.28. The van der Waals surface area contributed by atoms with E-state index in [-0.39, 0.29) is 38.2 Å². The first-order chi connectivity index (χ1) is 19.8. The molecule has 1 aliphatic heterocycles. The molecule has 0 bridgehead atoms. The van der Waals surface area contributed by atoms with Gasteiger partial charge in [-0.15, -0.1) is 22.7 Å². The van der Waals surface area contributed by atoms with E-state index in [2.05, 4.69) is 9.97 Å². The average Bonchev–Trinajstić information content (AvgIpc) is 3.62. The second-order valence-corrected chi connectivity index (χ2v) is 12.1. The van der Waals surface area contributed by atoms with Crippen LogP contribution < -0.4 is 4.74 Å². The minimum absolute atomic E-state index is 0.164. The Morgan fingerprint density at radius 1 is 0.690 bits per heavy atom. The molecule has 2 aromatic carbocycles. The highest BCUT2D eigenvalue weighted by Gasteiger charge is 2.41. The van der Waals surface area contributed by atoms with Crippen molar-refractivity contribution < 1.29 is 41.5 Å². The van der Waals surface area contributed by atoms with Gasteiger partial charge < -0.3 is 4.74 Å². The van der Waals surface area contributed by atoms with Gasteiger partial charge in [-0.25, -0.2) is 27.5 Å². The molecule has 0 saturated heterocycles. The Morgan fingerprint density at radius 2 is 1.17 bits per heavy atom. The molecule has 7 nitrogen and oxygen atoms in total. The maximum Gasteiger partial charge on any atom is 0.237 e. The van der Waals surface area contributed by atoms with Crippen LogP contribution in [0.1, 0.15) is 61.4 Å².